The summed E-state index contributed by atoms with van der Waals surface area (Å²) in [5.74, 6) is 0.970. The van der Waals surface area contributed by atoms with E-state index in [2.05, 4.69) is 15.7 Å². The molecule has 0 radical (unpaired) electrons. The van der Waals surface area contributed by atoms with Crippen molar-refractivity contribution in [2.75, 3.05) is 11.9 Å². The topological polar surface area (TPSA) is 59.0 Å². The lowest BCUT2D eigenvalue weighted by atomic mass is 10.1. The second kappa shape index (κ2) is 4.33. The zero-order valence-corrected chi connectivity index (χ0v) is 8.86. The normalized spacial score (nSPS) is 21.9. The molecular formula is C10H16N4O. The van der Waals surface area contributed by atoms with Gasteiger partial charge in [-0.05, 0) is 12.8 Å². The first kappa shape index (κ1) is 10.0. The van der Waals surface area contributed by atoms with Gasteiger partial charge < -0.3 is 10.6 Å². The van der Waals surface area contributed by atoms with Crippen LogP contribution in [-0.2, 0) is 11.8 Å². The molecule has 0 aliphatic carbocycles. The molecule has 5 heteroatoms. The van der Waals surface area contributed by atoms with E-state index in [0.717, 1.165) is 25.2 Å². The van der Waals surface area contributed by atoms with E-state index < -0.39 is 0 Å². The predicted molar refractivity (Wildman–Crippen MR) is 57.5 cm³/mol. The second-order valence-corrected chi connectivity index (χ2v) is 3.91. The molecule has 1 aromatic heterocycles. The molecule has 15 heavy (non-hydrogen) atoms. The molecular weight excluding hydrogens is 192 g/mol. The summed E-state index contributed by atoms with van der Waals surface area (Å²) in [6.45, 7) is 0.791. The number of carbonyl (C=O) groups is 1. The lowest BCUT2D eigenvalue weighted by Gasteiger charge is -2.13. The van der Waals surface area contributed by atoms with Gasteiger partial charge in [0, 0.05) is 38.3 Å². The number of hydrogen-bond acceptors (Lipinski definition) is 3. The maximum Gasteiger partial charge on any atom is 0.222 e. The van der Waals surface area contributed by atoms with Gasteiger partial charge in [0.25, 0.3) is 0 Å². The lowest BCUT2D eigenvalue weighted by molar-refractivity contribution is -0.120. The summed E-state index contributed by atoms with van der Waals surface area (Å²) in [5.41, 5.74) is 0. The van der Waals surface area contributed by atoms with Crippen LogP contribution in [0.2, 0.25) is 0 Å². The van der Waals surface area contributed by atoms with Crippen molar-refractivity contribution >= 4 is 11.7 Å². The van der Waals surface area contributed by atoms with E-state index in [4.69, 9.17) is 0 Å². The Balaban J connectivity index is 1.95. The predicted octanol–water partition coefficient (Wildman–Crippen LogP) is 0.501. The average molecular weight is 208 g/mol. The summed E-state index contributed by atoms with van der Waals surface area (Å²) < 4.78 is 1.75. The molecule has 1 atom stereocenters. The maximum atomic E-state index is 11.3. The molecule has 0 bridgehead atoms. The van der Waals surface area contributed by atoms with Crippen LogP contribution in [0.4, 0.5) is 5.82 Å². The lowest BCUT2D eigenvalue weighted by Crippen LogP contribution is -2.26. The molecule has 1 saturated heterocycles. The van der Waals surface area contributed by atoms with E-state index in [9.17, 15) is 4.79 Å². The molecule has 5 nitrogen and oxygen atoms in total. The molecule has 2 rings (SSSR count). The van der Waals surface area contributed by atoms with E-state index >= 15 is 0 Å². The highest BCUT2D eigenvalue weighted by Gasteiger charge is 2.17. The van der Waals surface area contributed by atoms with Crippen LogP contribution in [0.1, 0.15) is 19.3 Å². The van der Waals surface area contributed by atoms with Crippen LogP contribution in [0, 0.1) is 0 Å². The first-order chi connectivity index (χ1) is 7.24. The molecule has 1 aliphatic rings. The van der Waals surface area contributed by atoms with Crippen molar-refractivity contribution in [3.63, 3.8) is 0 Å². The number of carbonyl (C=O) groups excluding carboxylic acids is 1. The van der Waals surface area contributed by atoms with Gasteiger partial charge >= 0.3 is 0 Å². The molecule has 0 aromatic carbocycles. The van der Waals surface area contributed by atoms with Crippen LogP contribution in [0.5, 0.6) is 0 Å². The summed E-state index contributed by atoms with van der Waals surface area (Å²) in [4.78, 5) is 11.3. The van der Waals surface area contributed by atoms with Crippen molar-refractivity contribution < 1.29 is 4.79 Å². The smallest absolute Gasteiger partial charge is 0.222 e. The minimum absolute atomic E-state index is 0.126. The number of anilines is 1. The van der Waals surface area contributed by atoms with Gasteiger partial charge in [-0.1, -0.05) is 0 Å². The second-order valence-electron chi connectivity index (χ2n) is 3.91. The summed E-state index contributed by atoms with van der Waals surface area (Å²) >= 11 is 0. The Hall–Kier alpha value is -1.52. The van der Waals surface area contributed by atoms with Crippen LogP contribution in [0.25, 0.3) is 0 Å². The number of rotatable bonds is 2. The monoisotopic (exact) mass is 208 g/mol. The third kappa shape index (κ3) is 2.71. The van der Waals surface area contributed by atoms with E-state index in [1.54, 1.807) is 4.68 Å². The van der Waals surface area contributed by atoms with Crippen LogP contribution in [0.3, 0.4) is 0 Å². The fraction of sp³-hybridized carbons (Fsp3) is 0.600. The van der Waals surface area contributed by atoms with Gasteiger partial charge in [0.05, 0.1) is 0 Å². The van der Waals surface area contributed by atoms with E-state index in [1.807, 2.05) is 19.3 Å². The highest BCUT2D eigenvalue weighted by molar-refractivity contribution is 5.77. The van der Waals surface area contributed by atoms with Crippen molar-refractivity contribution in [3.8, 4) is 0 Å². The average Bonchev–Trinajstić information content (AvgIpc) is 2.46. The summed E-state index contributed by atoms with van der Waals surface area (Å²) in [6.07, 6.45) is 4.46. The van der Waals surface area contributed by atoms with Gasteiger partial charge in [-0.15, -0.1) is 0 Å². The molecule has 1 amide bonds. The Bertz CT molecular complexity index is 347. The fourth-order valence-corrected chi connectivity index (χ4v) is 1.80. The quantitative estimate of drug-likeness (QED) is 0.744. The first-order valence-corrected chi connectivity index (χ1v) is 5.27. The van der Waals surface area contributed by atoms with Gasteiger partial charge in [-0.2, -0.15) is 5.10 Å². The van der Waals surface area contributed by atoms with Gasteiger partial charge in [-0.25, -0.2) is 0 Å². The molecule has 1 aromatic rings. The van der Waals surface area contributed by atoms with Crippen molar-refractivity contribution in [1.82, 2.24) is 15.1 Å². The van der Waals surface area contributed by atoms with Crippen molar-refractivity contribution in [2.45, 2.75) is 25.3 Å². The number of nitrogens with zero attached hydrogens (tertiary/aromatic N) is 2. The van der Waals surface area contributed by atoms with Gasteiger partial charge in [0.15, 0.2) is 0 Å². The van der Waals surface area contributed by atoms with Gasteiger partial charge in [0.1, 0.15) is 5.82 Å². The Morgan fingerprint density at radius 1 is 1.67 bits per heavy atom. The molecule has 1 unspecified atom stereocenters. The molecule has 1 fully saturated rings. The van der Waals surface area contributed by atoms with E-state index in [0.29, 0.717) is 6.42 Å². The molecule has 2 N–H and O–H groups in total. The molecule has 0 spiro atoms. The number of aryl methyl sites for hydroxylation is 1. The summed E-state index contributed by atoms with van der Waals surface area (Å²) in [7, 11) is 1.88. The third-order valence-corrected chi connectivity index (χ3v) is 2.55. The number of hydrogen-bond donors (Lipinski definition) is 2. The standard InChI is InChI=1S/C10H16N4O/c1-14-6-4-9(13-14)12-8-3-2-5-11-10(15)7-8/h4,6,8H,2-3,5,7H2,1H3,(H,11,15)(H,12,13). The van der Waals surface area contributed by atoms with Crippen LogP contribution < -0.4 is 10.6 Å². The van der Waals surface area contributed by atoms with Crippen LogP contribution >= 0.6 is 0 Å². The SMILES string of the molecule is Cn1ccc(NC2CCCNC(=O)C2)n1. The van der Waals surface area contributed by atoms with Crippen molar-refractivity contribution in [3.05, 3.63) is 12.3 Å². The molecule has 82 valence electrons. The number of aromatic nitrogens is 2. The molecule has 0 saturated carbocycles. The maximum absolute atomic E-state index is 11.3. The fourth-order valence-electron chi connectivity index (χ4n) is 1.80. The zero-order chi connectivity index (χ0) is 10.7. The Morgan fingerprint density at radius 3 is 3.27 bits per heavy atom. The molecule has 2 heterocycles. The van der Waals surface area contributed by atoms with E-state index in [1.165, 1.54) is 0 Å². The molecule has 1 aliphatic heterocycles. The zero-order valence-electron chi connectivity index (χ0n) is 8.86. The summed E-state index contributed by atoms with van der Waals surface area (Å²) in [6, 6.07) is 2.13. The number of amides is 1. The summed E-state index contributed by atoms with van der Waals surface area (Å²) in [5, 5.41) is 10.4. The number of nitrogens with one attached hydrogen (secondary N) is 2. The minimum atomic E-state index is 0.126. The Morgan fingerprint density at radius 2 is 2.53 bits per heavy atom. The van der Waals surface area contributed by atoms with Crippen molar-refractivity contribution in [2.24, 2.45) is 7.05 Å². The van der Waals surface area contributed by atoms with Crippen molar-refractivity contribution in [1.29, 1.82) is 0 Å². The van der Waals surface area contributed by atoms with Gasteiger partial charge in [0.2, 0.25) is 5.91 Å². The highest BCUT2D eigenvalue weighted by atomic mass is 16.1. The highest BCUT2D eigenvalue weighted by Crippen LogP contribution is 2.12. The van der Waals surface area contributed by atoms with E-state index in [-0.39, 0.29) is 11.9 Å². The Kier molecular flexibility index (Phi) is 2.89. The van der Waals surface area contributed by atoms with Crippen LogP contribution in [0.15, 0.2) is 12.3 Å². The third-order valence-electron chi connectivity index (χ3n) is 2.55. The first-order valence-electron chi connectivity index (χ1n) is 5.27. The minimum Gasteiger partial charge on any atom is -0.365 e. The van der Waals surface area contributed by atoms with Crippen LogP contribution in [-0.4, -0.2) is 28.3 Å². The van der Waals surface area contributed by atoms with Gasteiger partial charge in [-0.3, -0.25) is 9.48 Å². The largest absolute Gasteiger partial charge is 0.365 e. The Labute approximate surface area is 88.8 Å².